The lowest BCUT2D eigenvalue weighted by atomic mass is 10.0. The average molecular weight is 209 g/mol. The molecule has 0 aromatic carbocycles. The molecule has 0 saturated heterocycles. The lowest BCUT2D eigenvalue weighted by molar-refractivity contribution is -0.144. The van der Waals surface area contributed by atoms with Crippen LogP contribution in [0.3, 0.4) is 0 Å². The fraction of sp³-hybridized carbons (Fsp3) is 0.889. The first-order chi connectivity index (χ1) is 6.10. The van der Waals surface area contributed by atoms with Gasteiger partial charge in [-0.05, 0) is 19.3 Å². The van der Waals surface area contributed by atoms with E-state index in [0.717, 1.165) is 0 Å². The summed E-state index contributed by atoms with van der Waals surface area (Å²) in [4.78, 5) is 11.0. The minimum atomic E-state index is -0.522. The third-order valence-corrected chi connectivity index (χ3v) is 2.03. The zero-order chi connectivity index (χ0) is 10.3. The Hall–Kier alpha value is -0.280. The highest BCUT2D eigenvalue weighted by Gasteiger charge is 2.13. The molecule has 0 aliphatic rings. The normalized spacial score (nSPS) is 15.1. The highest BCUT2D eigenvalue weighted by molar-refractivity contribution is 6.18. The van der Waals surface area contributed by atoms with Gasteiger partial charge in [-0.15, -0.1) is 11.6 Å². The topological polar surface area (TPSA) is 46.5 Å². The van der Waals surface area contributed by atoms with Crippen LogP contribution in [0.5, 0.6) is 0 Å². The summed E-state index contributed by atoms with van der Waals surface area (Å²) < 4.78 is 4.77. The van der Waals surface area contributed by atoms with Gasteiger partial charge in [0.15, 0.2) is 0 Å². The van der Waals surface area contributed by atoms with Gasteiger partial charge >= 0.3 is 5.97 Å². The summed E-state index contributed by atoms with van der Waals surface area (Å²) in [5.74, 6) is 0.122. The second-order valence-corrected chi connectivity index (χ2v) is 3.47. The van der Waals surface area contributed by atoms with E-state index in [2.05, 4.69) is 0 Å². The van der Waals surface area contributed by atoms with E-state index < -0.39 is 6.10 Å². The number of aliphatic hydroxyl groups is 1. The van der Waals surface area contributed by atoms with Crippen LogP contribution in [-0.2, 0) is 9.53 Å². The van der Waals surface area contributed by atoms with Crippen molar-refractivity contribution in [3.63, 3.8) is 0 Å². The van der Waals surface area contributed by atoms with E-state index in [0.29, 0.717) is 19.4 Å². The highest BCUT2D eigenvalue weighted by Crippen LogP contribution is 2.12. The van der Waals surface area contributed by atoms with Crippen LogP contribution in [0.4, 0.5) is 0 Å². The summed E-state index contributed by atoms with van der Waals surface area (Å²) in [6.45, 7) is 4.08. The van der Waals surface area contributed by atoms with Crippen LogP contribution < -0.4 is 0 Å². The molecule has 0 unspecified atom stereocenters. The van der Waals surface area contributed by atoms with Crippen molar-refractivity contribution in [2.24, 2.45) is 5.92 Å². The van der Waals surface area contributed by atoms with Crippen molar-refractivity contribution in [2.45, 2.75) is 32.8 Å². The molecule has 0 amide bonds. The summed E-state index contributed by atoms with van der Waals surface area (Å²) in [7, 11) is 0. The summed E-state index contributed by atoms with van der Waals surface area (Å²) in [6, 6.07) is 0. The molecule has 0 aliphatic heterocycles. The molecule has 0 fully saturated rings. The SMILES string of the molecule is CCOC(=O)C[C@H](C)C[C@H](O)CCl. The van der Waals surface area contributed by atoms with Crippen LogP contribution in [0.1, 0.15) is 26.7 Å². The molecular weight excluding hydrogens is 192 g/mol. The van der Waals surface area contributed by atoms with Gasteiger partial charge in [0.1, 0.15) is 0 Å². The maximum absolute atomic E-state index is 11.0. The average Bonchev–Trinajstić information content (AvgIpc) is 2.04. The van der Waals surface area contributed by atoms with Crippen molar-refractivity contribution in [2.75, 3.05) is 12.5 Å². The van der Waals surface area contributed by atoms with Gasteiger partial charge in [-0.3, -0.25) is 4.79 Å². The predicted octanol–water partition coefficient (Wildman–Crippen LogP) is 1.57. The molecule has 3 nitrogen and oxygen atoms in total. The lowest BCUT2D eigenvalue weighted by Crippen LogP contribution is -2.16. The Kier molecular flexibility index (Phi) is 7.00. The van der Waals surface area contributed by atoms with Crippen LogP contribution in [0.15, 0.2) is 0 Å². The van der Waals surface area contributed by atoms with Crippen LogP contribution in [0.25, 0.3) is 0 Å². The molecule has 1 N–H and O–H groups in total. The molecule has 0 spiro atoms. The monoisotopic (exact) mass is 208 g/mol. The Morgan fingerprint density at radius 3 is 2.69 bits per heavy atom. The van der Waals surface area contributed by atoms with Crippen LogP contribution in [0, 0.1) is 5.92 Å². The summed E-state index contributed by atoms with van der Waals surface area (Å²) in [5.41, 5.74) is 0. The van der Waals surface area contributed by atoms with Crippen molar-refractivity contribution in [3.05, 3.63) is 0 Å². The minimum Gasteiger partial charge on any atom is -0.466 e. The van der Waals surface area contributed by atoms with Crippen molar-refractivity contribution >= 4 is 17.6 Å². The number of carbonyl (C=O) groups excluding carboxylic acids is 1. The molecule has 0 radical (unpaired) electrons. The number of carbonyl (C=O) groups is 1. The second kappa shape index (κ2) is 7.15. The summed E-state index contributed by atoms with van der Waals surface area (Å²) in [5, 5.41) is 9.19. The number of hydrogen-bond donors (Lipinski definition) is 1. The third-order valence-electron chi connectivity index (χ3n) is 1.67. The van der Waals surface area contributed by atoms with E-state index in [-0.39, 0.29) is 17.8 Å². The molecule has 0 aliphatic carbocycles. The Morgan fingerprint density at radius 1 is 1.62 bits per heavy atom. The molecule has 0 aromatic heterocycles. The zero-order valence-electron chi connectivity index (χ0n) is 8.12. The molecule has 0 aromatic rings. The van der Waals surface area contributed by atoms with E-state index in [1.54, 1.807) is 6.92 Å². The van der Waals surface area contributed by atoms with E-state index in [1.807, 2.05) is 6.92 Å². The number of alkyl halides is 1. The fourth-order valence-electron chi connectivity index (χ4n) is 1.12. The van der Waals surface area contributed by atoms with Crippen LogP contribution in [-0.4, -0.2) is 29.7 Å². The molecule has 0 saturated carbocycles. The molecule has 13 heavy (non-hydrogen) atoms. The fourth-order valence-corrected chi connectivity index (χ4v) is 1.24. The molecule has 0 heterocycles. The lowest BCUT2D eigenvalue weighted by Gasteiger charge is -2.13. The van der Waals surface area contributed by atoms with Gasteiger partial charge in [-0.2, -0.15) is 0 Å². The number of ether oxygens (including phenoxy) is 1. The van der Waals surface area contributed by atoms with Crippen molar-refractivity contribution in [1.29, 1.82) is 0 Å². The molecule has 0 bridgehead atoms. The predicted molar refractivity (Wildman–Crippen MR) is 51.8 cm³/mol. The highest BCUT2D eigenvalue weighted by atomic mass is 35.5. The van der Waals surface area contributed by atoms with Crippen molar-refractivity contribution < 1.29 is 14.6 Å². The molecule has 78 valence electrons. The zero-order valence-corrected chi connectivity index (χ0v) is 8.88. The Bertz CT molecular complexity index is 150. The number of esters is 1. The first-order valence-electron chi connectivity index (χ1n) is 4.49. The van der Waals surface area contributed by atoms with Gasteiger partial charge in [0, 0.05) is 12.3 Å². The standard InChI is InChI=1S/C9H17ClO3/c1-3-13-9(12)5-7(2)4-8(11)6-10/h7-8,11H,3-6H2,1-2H3/t7-,8+/m1/s1. The second-order valence-electron chi connectivity index (χ2n) is 3.16. The number of aliphatic hydroxyl groups excluding tert-OH is 1. The van der Waals surface area contributed by atoms with E-state index in [9.17, 15) is 9.90 Å². The first-order valence-corrected chi connectivity index (χ1v) is 5.03. The van der Waals surface area contributed by atoms with Crippen molar-refractivity contribution in [3.8, 4) is 0 Å². The molecule has 2 atom stereocenters. The Morgan fingerprint density at radius 2 is 2.23 bits per heavy atom. The summed E-state index contributed by atoms with van der Waals surface area (Å²) >= 11 is 5.43. The maximum atomic E-state index is 11.0. The quantitative estimate of drug-likeness (QED) is 0.533. The number of rotatable bonds is 6. The molecule has 4 heteroatoms. The largest absolute Gasteiger partial charge is 0.466 e. The Labute approximate surface area is 84.0 Å². The van der Waals surface area contributed by atoms with E-state index >= 15 is 0 Å². The van der Waals surface area contributed by atoms with Gasteiger partial charge < -0.3 is 9.84 Å². The van der Waals surface area contributed by atoms with E-state index in [4.69, 9.17) is 16.3 Å². The van der Waals surface area contributed by atoms with Gasteiger partial charge in [0.05, 0.1) is 12.7 Å². The Balaban J connectivity index is 3.60. The van der Waals surface area contributed by atoms with Gasteiger partial charge in [0.25, 0.3) is 0 Å². The number of hydrogen-bond acceptors (Lipinski definition) is 3. The van der Waals surface area contributed by atoms with Crippen molar-refractivity contribution in [1.82, 2.24) is 0 Å². The van der Waals surface area contributed by atoms with Crippen LogP contribution in [0.2, 0.25) is 0 Å². The van der Waals surface area contributed by atoms with Gasteiger partial charge in [0.2, 0.25) is 0 Å². The minimum absolute atomic E-state index is 0.118. The molecule has 0 rings (SSSR count). The van der Waals surface area contributed by atoms with Gasteiger partial charge in [-0.1, -0.05) is 6.92 Å². The van der Waals surface area contributed by atoms with Gasteiger partial charge in [-0.25, -0.2) is 0 Å². The summed E-state index contributed by atoms with van der Waals surface area (Å²) in [6.07, 6.45) is 0.371. The smallest absolute Gasteiger partial charge is 0.306 e. The first kappa shape index (κ1) is 12.7. The third kappa shape index (κ3) is 6.84. The maximum Gasteiger partial charge on any atom is 0.306 e. The van der Waals surface area contributed by atoms with E-state index in [1.165, 1.54) is 0 Å². The molecular formula is C9H17ClO3. The number of halogens is 1. The van der Waals surface area contributed by atoms with Crippen LogP contribution >= 0.6 is 11.6 Å².